The molecule has 0 spiro atoms. The van der Waals surface area contributed by atoms with Crippen LogP contribution in [0.15, 0.2) is 78.9 Å². The van der Waals surface area contributed by atoms with E-state index in [1.165, 1.54) is 19.1 Å². The Morgan fingerprint density at radius 3 is 2.19 bits per heavy atom. The van der Waals surface area contributed by atoms with Crippen LogP contribution in [0.25, 0.3) is 0 Å². The quantitative estimate of drug-likeness (QED) is 0.506. The van der Waals surface area contributed by atoms with Gasteiger partial charge in [0.1, 0.15) is 0 Å². The minimum absolute atomic E-state index is 0.166. The Kier molecular flexibility index (Phi) is 6.98. The van der Waals surface area contributed by atoms with Crippen molar-refractivity contribution in [1.29, 1.82) is 0 Å². The summed E-state index contributed by atoms with van der Waals surface area (Å²) in [5, 5.41) is 2.72. The minimum atomic E-state index is -4.47. The van der Waals surface area contributed by atoms with E-state index in [0.29, 0.717) is 5.69 Å². The summed E-state index contributed by atoms with van der Waals surface area (Å²) in [7, 11) is 0. The Labute approximate surface area is 184 Å². The molecule has 166 valence electrons. The van der Waals surface area contributed by atoms with Crippen LogP contribution in [0.3, 0.4) is 0 Å². The topological polar surface area (TPSA) is 49.4 Å². The number of benzene rings is 3. The lowest BCUT2D eigenvalue weighted by Crippen LogP contribution is -2.33. The molecule has 0 saturated heterocycles. The van der Waals surface area contributed by atoms with Crippen LogP contribution in [-0.4, -0.2) is 16.7 Å². The molecular weight excluding hydrogens is 417 g/mol. The number of hydrogen-bond donors (Lipinski definition) is 1. The second-order valence-electron chi connectivity index (χ2n) is 7.48. The predicted molar refractivity (Wildman–Crippen MR) is 117 cm³/mol. The van der Waals surface area contributed by atoms with Crippen molar-refractivity contribution >= 4 is 17.5 Å². The standard InChI is InChI=1S/C25H23F3N2O2/c1-17(21-9-6-10-23(15-21)29-18(2)31)30(16-19-7-4-3-5-8-19)24(32)20-11-13-22(14-12-20)25(26,27)28/h3-15,17H,16H2,1-2H3,(H,29,31). The van der Waals surface area contributed by atoms with Gasteiger partial charge in [0.25, 0.3) is 5.91 Å². The van der Waals surface area contributed by atoms with E-state index in [-0.39, 0.29) is 23.9 Å². The lowest BCUT2D eigenvalue weighted by atomic mass is 10.0. The van der Waals surface area contributed by atoms with Gasteiger partial charge in [-0.05, 0) is 54.4 Å². The number of amides is 2. The Balaban J connectivity index is 1.94. The van der Waals surface area contributed by atoms with Crippen molar-refractivity contribution in [3.05, 3.63) is 101 Å². The van der Waals surface area contributed by atoms with Gasteiger partial charge in [0.15, 0.2) is 0 Å². The SMILES string of the molecule is CC(=O)Nc1cccc(C(C)N(Cc2ccccc2)C(=O)c2ccc(C(F)(F)F)cc2)c1. The number of nitrogens with zero attached hydrogens (tertiary/aromatic N) is 1. The van der Waals surface area contributed by atoms with Crippen molar-refractivity contribution < 1.29 is 22.8 Å². The summed E-state index contributed by atoms with van der Waals surface area (Å²) in [5.41, 5.74) is 1.63. The van der Waals surface area contributed by atoms with Gasteiger partial charge in [0.2, 0.25) is 5.91 Å². The minimum Gasteiger partial charge on any atom is -0.328 e. The first kappa shape index (κ1) is 23.1. The average molecular weight is 440 g/mol. The summed E-state index contributed by atoms with van der Waals surface area (Å²) >= 11 is 0. The number of rotatable bonds is 6. The Hall–Kier alpha value is -3.61. The molecule has 1 N–H and O–H groups in total. The van der Waals surface area contributed by atoms with Crippen LogP contribution in [0.2, 0.25) is 0 Å². The van der Waals surface area contributed by atoms with Gasteiger partial charge in [0.05, 0.1) is 11.6 Å². The first-order valence-corrected chi connectivity index (χ1v) is 10.0. The summed E-state index contributed by atoms with van der Waals surface area (Å²) in [6.07, 6.45) is -4.47. The Morgan fingerprint density at radius 2 is 1.59 bits per heavy atom. The maximum Gasteiger partial charge on any atom is 0.416 e. The van der Waals surface area contributed by atoms with Crippen LogP contribution < -0.4 is 5.32 Å². The normalized spacial score (nSPS) is 12.2. The summed E-state index contributed by atoms with van der Waals surface area (Å²) in [5.74, 6) is -0.600. The molecule has 0 heterocycles. The lowest BCUT2D eigenvalue weighted by Gasteiger charge is -2.30. The Morgan fingerprint density at radius 1 is 0.938 bits per heavy atom. The van der Waals surface area contributed by atoms with Gasteiger partial charge >= 0.3 is 6.18 Å². The molecule has 0 saturated carbocycles. The highest BCUT2D eigenvalue weighted by Crippen LogP contribution is 2.30. The van der Waals surface area contributed by atoms with E-state index in [4.69, 9.17) is 0 Å². The number of anilines is 1. The van der Waals surface area contributed by atoms with E-state index in [9.17, 15) is 22.8 Å². The van der Waals surface area contributed by atoms with Crippen LogP contribution in [0.1, 0.15) is 46.9 Å². The van der Waals surface area contributed by atoms with E-state index >= 15 is 0 Å². The fraction of sp³-hybridized carbons (Fsp3) is 0.200. The first-order valence-electron chi connectivity index (χ1n) is 10.0. The summed E-state index contributed by atoms with van der Waals surface area (Å²) in [6, 6.07) is 20.3. The smallest absolute Gasteiger partial charge is 0.328 e. The molecule has 0 radical (unpaired) electrons. The zero-order valence-electron chi connectivity index (χ0n) is 17.7. The molecule has 32 heavy (non-hydrogen) atoms. The molecule has 0 fully saturated rings. The molecule has 1 unspecified atom stereocenters. The summed E-state index contributed by atoms with van der Waals surface area (Å²) in [4.78, 5) is 26.4. The average Bonchev–Trinajstić information content (AvgIpc) is 2.76. The zero-order valence-corrected chi connectivity index (χ0v) is 17.7. The molecular formula is C25H23F3N2O2. The fourth-order valence-corrected chi connectivity index (χ4v) is 3.39. The maximum absolute atomic E-state index is 13.4. The largest absolute Gasteiger partial charge is 0.416 e. The molecule has 7 heteroatoms. The molecule has 1 atom stereocenters. The first-order chi connectivity index (χ1) is 15.1. The van der Waals surface area contributed by atoms with E-state index in [0.717, 1.165) is 23.3 Å². The van der Waals surface area contributed by atoms with E-state index in [1.807, 2.05) is 43.3 Å². The van der Waals surface area contributed by atoms with E-state index in [1.54, 1.807) is 23.1 Å². The molecule has 0 aliphatic heterocycles. The Bertz CT molecular complexity index is 1080. The highest BCUT2D eigenvalue weighted by Gasteiger charge is 2.31. The van der Waals surface area contributed by atoms with E-state index in [2.05, 4.69) is 5.32 Å². The second-order valence-corrected chi connectivity index (χ2v) is 7.48. The van der Waals surface area contributed by atoms with Gasteiger partial charge in [-0.3, -0.25) is 9.59 Å². The molecule has 3 aromatic carbocycles. The number of nitrogens with one attached hydrogen (secondary N) is 1. The fourth-order valence-electron chi connectivity index (χ4n) is 3.39. The van der Waals surface area contributed by atoms with Gasteiger partial charge in [-0.15, -0.1) is 0 Å². The third kappa shape index (κ3) is 5.75. The van der Waals surface area contributed by atoms with E-state index < -0.39 is 17.8 Å². The molecule has 3 aromatic rings. The number of carbonyl (C=O) groups excluding carboxylic acids is 2. The zero-order chi connectivity index (χ0) is 23.3. The molecule has 3 rings (SSSR count). The van der Waals surface area contributed by atoms with Crippen molar-refractivity contribution in [2.24, 2.45) is 0 Å². The van der Waals surface area contributed by atoms with Crippen LogP contribution in [0.5, 0.6) is 0 Å². The van der Waals surface area contributed by atoms with Crippen molar-refractivity contribution in [3.8, 4) is 0 Å². The number of alkyl halides is 3. The maximum atomic E-state index is 13.4. The van der Waals surface area contributed by atoms with Gasteiger partial charge < -0.3 is 10.2 Å². The van der Waals surface area contributed by atoms with Crippen LogP contribution in [-0.2, 0) is 17.5 Å². The highest BCUT2D eigenvalue weighted by molar-refractivity contribution is 5.94. The third-order valence-electron chi connectivity index (χ3n) is 5.07. The summed E-state index contributed by atoms with van der Waals surface area (Å²) < 4.78 is 38.8. The van der Waals surface area contributed by atoms with Crippen molar-refractivity contribution in [2.75, 3.05) is 5.32 Å². The monoisotopic (exact) mass is 440 g/mol. The molecule has 0 aromatic heterocycles. The molecule has 0 aliphatic carbocycles. The molecule has 0 aliphatic rings. The molecule has 4 nitrogen and oxygen atoms in total. The van der Waals surface area contributed by atoms with Crippen molar-refractivity contribution in [1.82, 2.24) is 4.90 Å². The van der Waals surface area contributed by atoms with Crippen LogP contribution >= 0.6 is 0 Å². The highest BCUT2D eigenvalue weighted by atomic mass is 19.4. The number of halogens is 3. The second kappa shape index (κ2) is 9.68. The van der Waals surface area contributed by atoms with Gasteiger partial charge in [0, 0.05) is 24.7 Å². The predicted octanol–water partition coefficient (Wildman–Crippen LogP) is 6.07. The van der Waals surface area contributed by atoms with Crippen LogP contribution in [0, 0.1) is 0 Å². The summed E-state index contributed by atoms with van der Waals surface area (Å²) in [6.45, 7) is 3.52. The number of carbonyl (C=O) groups is 2. The van der Waals surface area contributed by atoms with Crippen molar-refractivity contribution in [3.63, 3.8) is 0 Å². The third-order valence-corrected chi connectivity index (χ3v) is 5.07. The molecule has 2 amide bonds. The number of hydrogen-bond acceptors (Lipinski definition) is 2. The van der Waals surface area contributed by atoms with Gasteiger partial charge in [-0.25, -0.2) is 0 Å². The van der Waals surface area contributed by atoms with Gasteiger partial charge in [-0.1, -0.05) is 42.5 Å². The van der Waals surface area contributed by atoms with Crippen LogP contribution in [0.4, 0.5) is 18.9 Å². The van der Waals surface area contributed by atoms with Crippen molar-refractivity contribution in [2.45, 2.75) is 32.6 Å². The lowest BCUT2D eigenvalue weighted by molar-refractivity contribution is -0.137. The van der Waals surface area contributed by atoms with Gasteiger partial charge in [-0.2, -0.15) is 13.2 Å². The molecule has 0 bridgehead atoms.